The van der Waals surface area contributed by atoms with Gasteiger partial charge in [0.05, 0.1) is 33.2 Å². The highest BCUT2D eigenvalue weighted by atomic mass is 35.5. The van der Waals surface area contributed by atoms with Crippen molar-refractivity contribution >= 4 is 56.4 Å². The van der Waals surface area contributed by atoms with E-state index in [9.17, 15) is 35.3 Å². The second-order valence-electron chi connectivity index (χ2n) is 13.4. The van der Waals surface area contributed by atoms with Crippen LogP contribution in [0.25, 0.3) is 33.2 Å². The first kappa shape index (κ1) is 37.3. The fraction of sp³-hybridized carbons (Fsp3) is 0.343. The molecule has 0 bridgehead atoms. The molecular formula is C35H32ClF6N9O2S. The minimum atomic E-state index is -3.50. The number of rotatable bonds is 11. The van der Waals surface area contributed by atoms with Crippen molar-refractivity contribution in [1.82, 2.24) is 39.8 Å². The largest absolute Gasteiger partial charge is 0.346 e. The summed E-state index contributed by atoms with van der Waals surface area (Å²) in [5.74, 6) is -5.41. The predicted octanol–water partition coefficient (Wildman–Crippen LogP) is 7.54. The predicted molar refractivity (Wildman–Crippen MR) is 191 cm³/mol. The highest BCUT2D eigenvalue weighted by molar-refractivity contribution is 7.85. The third-order valence-electron chi connectivity index (χ3n) is 9.18. The Morgan fingerprint density at radius 1 is 1.06 bits per heavy atom. The molecule has 0 spiro atoms. The van der Waals surface area contributed by atoms with Crippen molar-refractivity contribution in [1.29, 1.82) is 0 Å². The zero-order chi connectivity index (χ0) is 38.8. The van der Waals surface area contributed by atoms with Gasteiger partial charge in [0.25, 0.3) is 12.3 Å². The molecule has 284 valence electrons. The van der Waals surface area contributed by atoms with Gasteiger partial charge in [-0.1, -0.05) is 31.5 Å². The maximum Gasteiger partial charge on any atom is 0.290 e. The summed E-state index contributed by atoms with van der Waals surface area (Å²) in [5.41, 5.74) is 0.490. The highest BCUT2D eigenvalue weighted by Crippen LogP contribution is 2.45. The first-order chi connectivity index (χ1) is 25.5. The minimum absolute atomic E-state index is 0.0493. The number of benzene rings is 2. The van der Waals surface area contributed by atoms with Gasteiger partial charge in [-0.3, -0.25) is 18.9 Å². The van der Waals surface area contributed by atoms with Crippen LogP contribution in [0, 0.1) is 11.6 Å². The van der Waals surface area contributed by atoms with Gasteiger partial charge in [-0.05, 0) is 42.7 Å². The number of nitrogens with one attached hydrogen (secondary N) is 3. The van der Waals surface area contributed by atoms with Crippen LogP contribution >= 0.6 is 11.6 Å². The lowest BCUT2D eigenvalue weighted by Crippen LogP contribution is -2.35. The first-order valence-electron chi connectivity index (χ1n) is 16.7. The number of H-pyrrole nitrogens is 1. The summed E-state index contributed by atoms with van der Waals surface area (Å²) in [4.78, 5) is 26.6. The van der Waals surface area contributed by atoms with Gasteiger partial charge >= 0.3 is 0 Å². The molecule has 6 aromatic rings. The van der Waals surface area contributed by atoms with Gasteiger partial charge in [0.2, 0.25) is 5.91 Å². The molecular weight excluding hydrogens is 760 g/mol. The van der Waals surface area contributed by atoms with Crippen molar-refractivity contribution in [3.8, 4) is 11.1 Å². The molecule has 1 amide bonds. The summed E-state index contributed by atoms with van der Waals surface area (Å²) in [6.45, 7) is 2.97. The van der Waals surface area contributed by atoms with E-state index in [4.69, 9.17) is 16.6 Å². The van der Waals surface area contributed by atoms with Gasteiger partial charge in [0, 0.05) is 48.4 Å². The van der Waals surface area contributed by atoms with Crippen LogP contribution in [0.1, 0.15) is 72.7 Å². The lowest BCUT2D eigenvalue weighted by atomic mass is 9.94. The molecule has 1 aliphatic carbocycles. The topological polar surface area (TPSA) is 135 Å². The fourth-order valence-corrected chi connectivity index (χ4v) is 7.61. The van der Waals surface area contributed by atoms with Crippen molar-refractivity contribution < 1.29 is 35.3 Å². The number of pyridine rings is 1. The summed E-state index contributed by atoms with van der Waals surface area (Å²) in [6.07, 6.45) is -3.02. The molecule has 2 unspecified atom stereocenters. The summed E-state index contributed by atoms with van der Waals surface area (Å²) < 4.78 is 104. The maximum absolute atomic E-state index is 15.0. The van der Waals surface area contributed by atoms with E-state index >= 15 is 0 Å². The lowest BCUT2D eigenvalue weighted by Gasteiger charge is -2.23. The van der Waals surface area contributed by atoms with Gasteiger partial charge in [-0.25, -0.2) is 31.7 Å². The van der Waals surface area contributed by atoms with Gasteiger partial charge in [0.1, 0.15) is 46.4 Å². The van der Waals surface area contributed by atoms with E-state index in [0.29, 0.717) is 44.1 Å². The maximum atomic E-state index is 15.0. The number of alkyl halides is 4. The van der Waals surface area contributed by atoms with Crippen LogP contribution in [0.3, 0.4) is 0 Å². The van der Waals surface area contributed by atoms with Crippen LogP contribution < -0.4 is 10.0 Å². The SMILES string of the molecule is CC(C)c1nc2nc(C(Cc3cc(F)cc(F)c3)NC(=O)Cn3nc(C(F)F)c4c3C(F)(F)CC4)c(-c3ccc(Cl)c4c(NS(C)=O)nn(C)c34)cc2[nH]1. The Labute approximate surface area is 311 Å². The number of aromatic nitrogens is 7. The molecule has 7 rings (SSSR count). The number of carbonyl (C=O) groups excluding carboxylic acids is 1. The first-order valence-corrected chi connectivity index (χ1v) is 18.6. The molecule has 3 N–H and O–H groups in total. The Balaban J connectivity index is 1.41. The van der Waals surface area contributed by atoms with Crippen molar-refractivity contribution in [2.24, 2.45) is 7.05 Å². The summed E-state index contributed by atoms with van der Waals surface area (Å²) in [6, 6.07) is 6.64. The van der Waals surface area contributed by atoms with E-state index in [1.807, 2.05) is 13.8 Å². The number of hydrogen-bond acceptors (Lipinski definition) is 6. The molecule has 2 aromatic carbocycles. The van der Waals surface area contributed by atoms with Gasteiger partial charge in [0.15, 0.2) is 11.5 Å². The van der Waals surface area contributed by atoms with E-state index in [2.05, 4.69) is 30.2 Å². The van der Waals surface area contributed by atoms with Gasteiger partial charge < -0.3 is 10.3 Å². The van der Waals surface area contributed by atoms with Crippen molar-refractivity contribution in [2.75, 3.05) is 11.0 Å². The van der Waals surface area contributed by atoms with E-state index in [1.54, 1.807) is 25.2 Å². The molecule has 0 saturated heterocycles. The zero-order valence-electron chi connectivity index (χ0n) is 29.1. The van der Waals surface area contributed by atoms with Crippen molar-refractivity contribution in [3.05, 3.63) is 87.1 Å². The molecule has 0 aliphatic heterocycles. The minimum Gasteiger partial charge on any atom is -0.346 e. The molecule has 19 heteroatoms. The molecule has 0 radical (unpaired) electrons. The monoisotopic (exact) mass is 791 g/mol. The number of imidazole rings is 1. The molecule has 4 heterocycles. The quantitative estimate of drug-likeness (QED) is 0.116. The van der Waals surface area contributed by atoms with E-state index in [0.717, 1.165) is 12.1 Å². The Hall–Kier alpha value is -4.97. The zero-order valence-corrected chi connectivity index (χ0v) is 30.7. The van der Waals surface area contributed by atoms with E-state index in [-0.39, 0.29) is 52.1 Å². The Morgan fingerprint density at radius 3 is 2.44 bits per heavy atom. The van der Waals surface area contributed by atoms with Crippen LogP contribution in [0.2, 0.25) is 5.02 Å². The molecule has 0 saturated carbocycles. The Bertz CT molecular complexity index is 2460. The van der Waals surface area contributed by atoms with Crippen molar-refractivity contribution in [3.63, 3.8) is 0 Å². The van der Waals surface area contributed by atoms with E-state index < -0.39 is 71.3 Å². The Morgan fingerprint density at radius 2 is 1.78 bits per heavy atom. The number of fused-ring (bicyclic) bond motifs is 3. The van der Waals surface area contributed by atoms with Gasteiger partial charge in [-0.2, -0.15) is 19.0 Å². The number of halogens is 7. The van der Waals surface area contributed by atoms with Crippen molar-refractivity contribution in [2.45, 2.75) is 64.0 Å². The molecule has 4 aromatic heterocycles. The molecule has 0 fully saturated rings. The number of carbonyl (C=O) groups is 1. The second kappa shape index (κ2) is 14.0. The van der Waals surface area contributed by atoms with Crippen LogP contribution in [-0.2, 0) is 48.1 Å². The number of anilines is 1. The van der Waals surface area contributed by atoms with Crippen LogP contribution in [-0.4, -0.2) is 50.9 Å². The van der Waals surface area contributed by atoms with Crippen LogP contribution in [0.5, 0.6) is 0 Å². The fourth-order valence-electron chi connectivity index (χ4n) is 6.95. The number of amides is 1. The molecule has 11 nitrogen and oxygen atoms in total. The molecule has 2 atom stereocenters. The standard InChI is InChI=1S/C35H32ClF6N9O2S/c1-15(2)32-44-24-13-21(19-5-6-22(36)26-29(19)50(3)48-34(26)49-54(4)53)27(45-33(24)46-32)23(11-16-9-17(37)12-18(38)10-16)43-25(52)14-51-30-20(7-8-35(30,41)42)28(47-51)31(39)40/h5-6,9-10,12-13,15,23,31H,7-8,11,14H2,1-4H3,(H,43,52)(H,48,49)(H,44,45,46). The average molecular weight is 792 g/mol. The number of aryl methyl sites for hydroxylation is 1. The lowest BCUT2D eigenvalue weighted by molar-refractivity contribution is -0.122. The number of hydrogen-bond donors (Lipinski definition) is 3. The normalized spacial score (nSPS) is 15.1. The summed E-state index contributed by atoms with van der Waals surface area (Å²) >= 11 is 6.66. The summed E-state index contributed by atoms with van der Waals surface area (Å²) in [7, 11) is 0.122. The van der Waals surface area contributed by atoms with E-state index in [1.165, 1.54) is 10.9 Å². The third kappa shape index (κ3) is 6.92. The smallest absolute Gasteiger partial charge is 0.290 e. The average Bonchev–Trinajstić information content (AvgIpc) is 3.82. The molecule has 54 heavy (non-hydrogen) atoms. The third-order valence-corrected chi connectivity index (χ3v) is 9.98. The van der Waals surface area contributed by atoms with Crippen LogP contribution in [0.15, 0.2) is 36.4 Å². The summed E-state index contributed by atoms with van der Waals surface area (Å²) in [5, 5.41) is 11.6. The number of aromatic amines is 1. The van der Waals surface area contributed by atoms with Crippen LogP contribution in [0.4, 0.5) is 32.2 Å². The Kier molecular flexibility index (Phi) is 9.70. The highest BCUT2D eigenvalue weighted by Gasteiger charge is 2.46. The second-order valence-corrected chi connectivity index (χ2v) is 14.9. The number of nitrogens with zero attached hydrogens (tertiary/aromatic N) is 6. The van der Waals surface area contributed by atoms with Gasteiger partial charge in [-0.15, -0.1) is 0 Å². The molecule has 1 aliphatic rings.